The quantitative estimate of drug-likeness (QED) is 0.832. The Hall–Kier alpha value is -1.74. The molecule has 0 heterocycles. The highest BCUT2D eigenvalue weighted by Gasteiger charge is 2.11. The van der Waals surface area contributed by atoms with Gasteiger partial charge in [0, 0.05) is 5.56 Å². The van der Waals surface area contributed by atoms with E-state index >= 15 is 0 Å². The van der Waals surface area contributed by atoms with Crippen molar-refractivity contribution in [2.24, 2.45) is 0 Å². The van der Waals surface area contributed by atoms with E-state index in [1.807, 2.05) is 19.1 Å². The molecule has 94 valence electrons. The van der Waals surface area contributed by atoms with E-state index in [1.54, 1.807) is 13.2 Å². The molecule has 0 amide bonds. The summed E-state index contributed by atoms with van der Waals surface area (Å²) < 4.78 is 18.5. The minimum Gasteiger partial charge on any atom is -0.497 e. The monoisotopic (exact) mass is 265 g/mol. The van der Waals surface area contributed by atoms with Gasteiger partial charge < -0.3 is 10.5 Å². The molecule has 2 rings (SSSR count). The third-order valence-corrected chi connectivity index (χ3v) is 3.13. The van der Waals surface area contributed by atoms with Crippen LogP contribution in [0.1, 0.15) is 5.56 Å². The van der Waals surface area contributed by atoms with E-state index in [0.29, 0.717) is 11.3 Å². The molecule has 0 aliphatic heterocycles. The molecule has 0 bridgehead atoms. The number of ether oxygens (including phenoxy) is 1. The largest absolute Gasteiger partial charge is 0.497 e. The first-order valence-electron chi connectivity index (χ1n) is 5.42. The second kappa shape index (κ2) is 4.86. The van der Waals surface area contributed by atoms with Gasteiger partial charge in [-0.15, -0.1) is 0 Å². The van der Waals surface area contributed by atoms with Gasteiger partial charge in [-0.1, -0.05) is 17.7 Å². The van der Waals surface area contributed by atoms with Crippen molar-refractivity contribution in [2.45, 2.75) is 6.92 Å². The summed E-state index contributed by atoms with van der Waals surface area (Å²) in [7, 11) is 1.60. The number of nitrogens with two attached hydrogens (primary N) is 1. The molecule has 0 aliphatic rings. The third kappa shape index (κ3) is 2.27. The van der Waals surface area contributed by atoms with Crippen molar-refractivity contribution < 1.29 is 9.13 Å². The minimum absolute atomic E-state index is 0.222. The maximum absolute atomic E-state index is 13.4. The Morgan fingerprint density at radius 1 is 1.17 bits per heavy atom. The van der Waals surface area contributed by atoms with E-state index in [2.05, 4.69) is 0 Å². The van der Waals surface area contributed by atoms with Crippen LogP contribution >= 0.6 is 11.6 Å². The summed E-state index contributed by atoms with van der Waals surface area (Å²) in [5, 5.41) is 0.222. The van der Waals surface area contributed by atoms with Gasteiger partial charge in [0.2, 0.25) is 0 Å². The van der Waals surface area contributed by atoms with E-state index in [-0.39, 0.29) is 5.02 Å². The molecular weight excluding hydrogens is 253 g/mol. The number of nitrogen functional groups attached to an aromatic ring is 1. The minimum atomic E-state index is -0.403. The fourth-order valence-electron chi connectivity index (χ4n) is 1.87. The zero-order valence-corrected chi connectivity index (χ0v) is 10.9. The van der Waals surface area contributed by atoms with Gasteiger partial charge in [-0.3, -0.25) is 0 Å². The van der Waals surface area contributed by atoms with Crippen molar-refractivity contribution in [1.82, 2.24) is 0 Å². The molecule has 0 unspecified atom stereocenters. The van der Waals surface area contributed by atoms with Crippen molar-refractivity contribution in [3.05, 3.63) is 46.7 Å². The normalized spacial score (nSPS) is 10.4. The predicted octanol–water partition coefficient (Wildman–Crippen LogP) is 4.05. The Balaban J connectivity index is 2.62. The Bertz CT molecular complexity index is 599. The Morgan fingerprint density at radius 2 is 1.89 bits per heavy atom. The number of aryl methyl sites for hydroxylation is 1. The first kappa shape index (κ1) is 12.7. The fraction of sp³-hybridized carbons (Fsp3) is 0.143. The van der Waals surface area contributed by atoms with Crippen LogP contribution in [0.15, 0.2) is 30.3 Å². The van der Waals surface area contributed by atoms with Crippen LogP contribution in [-0.2, 0) is 0 Å². The van der Waals surface area contributed by atoms with Gasteiger partial charge in [0.25, 0.3) is 0 Å². The van der Waals surface area contributed by atoms with Crippen molar-refractivity contribution in [2.75, 3.05) is 12.8 Å². The Morgan fingerprint density at radius 3 is 2.50 bits per heavy atom. The molecule has 0 radical (unpaired) electrons. The van der Waals surface area contributed by atoms with Gasteiger partial charge in [-0.05, 0) is 42.3 Å². The molecular formula is C14H13ClFNO. The van der Waals surface area contributed by atoms with Crippen LogP contribution in [0.2, 0.25) is 5.02 Å². The molecule has 0 saturated carbocycles. The predicted molar refractivity (Wildman–Crippen MR) is 72.5 cm³/mol. The Labute approximate surface area is 110 Å². The van der Waals surface area contributed by atoms with E-state index < -0.39 is 5.82 Å². The summed E-state index contributed by atoms with van der Waals surface area (Å²) >= 11 is 5.89. The lowest BCUT2D eigenvalue weighted by molar-refractivity contribution is 0.414. The number of benzene rings is 2. The molecule has 0 spiro atoms. The molecule has 2 nitrogen and oxygen atoms in total. The first-order chi connectivity index (χ1) is 8.52. The van der Waals surface area contributed by atoms with Gasteiger partial charge in [0.1, 0.15) is 11.6 Å². The van der Waals surface area contributed by atoms with Crippen LogP contribution in [0, 0.1) is 12.7 Å². The van der Waals surface area contributed by atoms with E-state index in [4.69, 9.17) is 22.1 Å². The van der Waals surface area contributed by atoms with E-state index in [9.17, 15) is 4.39 Å². The molecule has 2 N–H and O–H groups in total. The van der Waals surface area contributed by atoms with Gasteiger partial charge in [-0.2, -0.15) is 0 Å². The second-order valence-electron chi connectivity index (χ2n) is 4.03. The molecule has 2 aromatic rings. The van der Waals surface area contributed by atoms with Crippen molar-refractivity contribution in [3.63, 3.8) is 0 Å². The lowest BCUT2D eigenvalue weighted by atomic mass is 9.98. The molecule has 4 heteroatoms. The van der Waals surface area contributed by atoms with Crippen LogP contribution in [-0.4, -0.2) is 7.11 Å². The number of hydrogen-bond donors (Lipinski definition) is 1. The van der Waals surface area contributed by atoms with Crippen LogP contribution in [0.25, 0.3) is 11.1 Å². The van der Waals surface area contributed by atoms with Gasteiger partial charge in [0.15, 0.2) is 0 Å². The maximum atomic E-state index is 13.4. The Kier molecular flexibility index (Phi) is 3.43. The highest BCUT2D eigenvalue weighted by Crippen LogP contribution is 2.35. The number of methoxy groups -OCH3 is 1. The van der Waals surface area contributed by atoms with Crippen LogP contribution in [0.4, 0.5) is 10.1 Å². The molecule has 0 aromatic heterocycles. The molecule has 0 saturated heterocycles. The summed E-state index contributed by atoms with van der Waals surface area (Å²) in [4.78, 5) is 0. The van der Waals surface area contributed by atoms with Crippen LogP contribution < -0.4 is 10.5 Å². The lowest BCUT2D eigenvalue weighted by Crippen LogP contribution is -1.95. The van der Waals surface area contributed by atoms with Gasteiger partial charge in [0.05, 0.1) is 17.8 Å². The molecule has 0 aliphatic carbocycles. The van der Waals surface area contributed by atoms with E-state index in [0.717, 1.165) is 16.9 Å². The summed E-state index contributed by atoms with van der Waals surface area (Å²) in [6, 6.07) is 8.11. The van der Waals surface area contributed by atoms with Crippen molar-refractivity contribution in [1.29, 1.82) is 0 Å². The smallest absolute Gasteiger partial charge is 0.125 e. The van der Waals surface area contributed by atoms with E-state index in [1.165, 1.54) is 12.1 Å². The first-order valence-corrected chi connectivity index (χ1v) is 5.80. The van der Waals surface area contributed by atoms with Gasteiger partial charge in [-0.25, -0.2) is 4.39 Å². The SMILES string of the molecule is COc1ccc(-c2cc(F)cc(Cl)c2N)c(C)c1. The maximum Gasteiger partial charge on any atom is 0.125 e. The number of anilines is 1. The molecule has 0 atom stereocenters. The van der Waals surface area contributed by atoms with Crippen LogP contribution in [0.5, 0.6) is 5.75 Å². The number of rotatable bonds is 2. The highest BCUT2D eigenvalue weighted by atomic mass is 35.5. The summed E-state index contributed by atoms with van der Waals surface area (Å²) in [5.41, 5.74) is 8.66. The average molecular weight is 266 g/mol. The number of halogens is 2. The zero-order valence-electron chi connectivity index (χ0n) is 10.1. The van der Waals surface area contributed by atoms with Crippen molar-refractivity contribution >= 4 is 17.3 Å². The second-order valence-corrected chi connectivity index (χ2v) is 4.44. The zero-order chi connectivity index (χ0) is 13.3. The molecule has 0 fully saturated rings. The summed E-state index contributed by atoms with van der Waals surface area (Å²) in [6.45, 7) is 1.91. The van der Waals surface area contributed by atoms with Crippen LogP contribution in [0.3, 0.4) is 0 Å². The summed E-state index contributed by atoms with van der Waals surface area (Å²) in [6.07, 6.45) is 0. The fourth-order valence-corrected chi connectivity index (χ4v) is 2.08. The lowest BCUT2D eigenvalue weighted by Gasteiger charge is -2.12. The van der Waals surface area contributed by atoms with Gasteiger partial charge >= 0.3 is 0 Å². The summed E-state index contributed by atoms with van der Waals surface area (Å²) in [5.74, 6) is 0.344. The highest BCUT2D eigenvalue weighted by molar-refractivity contribution is 6.33. The molecule has 2 aromatic carbocycles. The standard InChI is InChI=1S/C14H13ClFNO/c1-8-5-10(18-2)3-4-11(8)12-6-9(16)7-13(15)14(12)17/h3-7H,17H2,1-2H3. The van der Waals surface area contributed by atoms with Crippen molar-refractivity contribution in [3.8, 4) is 16.9 Å². The third-order valence-electron chi connectivity index (χ3n) is 2.82. The average Bonchev–Trinajstić information content (AvgIpc) is 2.34. The number of hydrogen-bond acceptors (Lipinski definition) is 2. The molecule has 18 heavy (non-hydrogen) atoms. The topological polar surface area (TPSA) is 35.2 Å².